The van der Waals surface area contributed by atoms with Crippen LogP contribution in [0, 0.1) is 21.5 Å². The molecule has 4 fully saturated rings. The van der Waals surface area contributed by atoms with Gasteiger partial charge in [0.25, 0.3) is 0 Å². The zero-order valence-corrected chi connectivity index (χ0v) is 19.9. The Hall–Kier alpha value is -2.63. The maximum atomic E-state index is 13.0. The zero-order chi connectivity index (χ0) is 24.6. The van der Waals surface area contributed by atoms with Gasteiger partial charge in [0.15, 0.2) is 9.73 Å². The lowest BCUT2D eigenvalue weighted by atomic mass is 9.56. The molecule has 35 heavy (non-hydrogen) atoms. The van der Waals surface area contributed by atoms with E-state index in [-0.39, 0.29) is 16.9 Å². The molecular weight excluding hydrogens is 481 g/mol. The molecule has 0 radical (unpaired) electrons. The van der Waals surface area contributed by atoms with Gasteiger partial charge in [-0.05, 0) is 55.7 Å². The molecule has 2 N–H and O–H groups in total. The first-order valence-electron chi connectivity index (χ1n) is 11.8. The summed E-state index contributed by atoms with van der Waals surface area (Å²) in [6.07, 6.45) is 6.06. The highest BCUT2D eigenvalue weighted by Gasteiger charge is 2.58. The molecule has 4 aliphatic rings. The topological polar surface area (TPSA) is 106 Å². The molecule has 1 unspecified atom stereocenters. The van der Waals surface area contributed by atoms with Crippen molar-refractivity contribution >= 4 is 15.8 Å². The standard InChI is InChI=1S/C23H27F3N6O2S/c24-23(25,26)35(27,34)18-3-1-2-15(5-18)4-16-6-21(7-16)10-31(11-21)20(33)32-12-22(13-32)8-17(9-22)19-28-14-29-30-19/h1-3,5,14,16-17,27H,4,6-13H2,(H,28,29,30). The number of hydrogen-bond donors (Lipinski definition) is 2. The number of nitrogens with zero attached hydrogens (tertiary/aromatic N) is 4. The number of nitrogens with one attached hydrogen (secondary N) is 2. The molecule has 2 amide bonds. The average Bonchev–Trinajstić information content (AvgIpc) is 3.20. The Morgan fingerprint density at radius 1 is 1.11 bits per heavy atom. The van der Waals surface area contributed by atoms with E-state index in [0.29, 0.717) is 23.8 Å². The molecule has 2 spiro atoms. The number of aromatic amines is 1. The second kappa shape index (κ2) is 7.44. The number of rotatable bonds is 4. The molecule has 2 saturated heterocycles. The van der Waals surface area contributed by atoms with Crippen LogP contribution in [-0.4, -0.2) is 66.9 Å². The van der Waals surface area contributed by atoms with E-state index in [0.717, 1.165) is 63.8 Å². The van der Waals surface area contributed by atoms with Crippen molar-refractivity contribution in [2.45, 2.75) is 48.4 Å². The molecule has 188 valence electrons. The Labute approximate surface area is 201 Å². The van der Waals surface area contributed by atoms with Crippen molar-refractivity contribution in [1.29, 1.82) is 4.78 Å². The molecule has 2 aromatic rings. The van der Waals surface area contributed by atoms with Crippen LogP contribution in [0.25, 0.3) is 0 Å². The van der Waals surface area contributed by atoms with E-state index >= 15 is 0 Å². The molecule has 1 atom stereocenters. The number of carbonyl (C=O) groups is 1. The second-order valence-corrected chi connectivity index (χ2v) is 13.1. The minimum Gasteiger partial charge on any atom is -0.323 e. The number of hydrogen-bond acceptors (Lipinski definition) is 5. The Morgan fingerprint density at radius 3 is 2.31 bits per heavy atom. The van der Waals surface area contributed by atoms with Crippen LogP contribution in [0.2, 0.25) is 0 Å². The van der Waals surface area contributed by atoms with Gasteiger partial charge < -0.3 is 9.80 Å². The minimum atomic E-state index is -5.08. The van der Waals surface area contributed by atoms with E-state index in [1.807, 2.05) is 9.80 Å². The molecule has 12 heteroatoms. The van der Waals surface area contributed by atoms with Gasteiger partial charge in [-0.3, -0.25) is 5.10 Å². The van der Waals surface area contributed by atoms with E-state index in [1.54, 1.807) is 6.07 Å². The summed E-state index contributed by atoms with van der Waals surface area (Å²) < 4.78 is 58.1. The molecule has 8 nitrogen and oxygen atoms in total. The first kappa shape index (κ1) is 22.8. The predicted octanol–water partition coefficient (Wildman–Crippen LogP) is 3.98. The number of H-pyrrole nitrogens is 1. The van der Waals surface area contributed by atoms with Gasteiger partial charge in [0.1, 0.15) is 12.2 Å². The Kier molecular flexibility index (Phi) is 4.85. The van der Waals surface area contributed by atoms with Crippen LogP contribution in [-0.2, 0) is 16.1 Å². The van der Waals surface area contributed by atoms with Gasteiger partial charge >= 0.3 is 11.5 Å². The minimum absolute atomic E-state index is 0.109. The van der Waals surface area contributed by atoms with Crippen molar-refractivity contribution in [3.05, 3.63) is 42.0 Å². The third-order valence-corrected chi connectivity index (χ3v) is 9.92. The summed E-state index contributed by atoms with van der Waals surface area (Å²) in [6, 6.07) is 5.65. The smallest absolute Gasteiger partial charge is 0.323 e. The van der Waals surface area contributed by atoms with Crippen LogP contribution in [0.4, 0.5) is 18.0 Å². The number of likely N-dealkylation sites (tertiary alicyclic amines) is 2. The quantitative estimate of drug-likeness (QED) is 0.652. The number of benzene rings is 1. The van der Waals surface area contributed by atoms with Gasteiger partial charge in [-0.1, -0.05) is 12.1 Å². The van der Waals surface area contributed by atoms with E-state index in [4.69, 9.17) is 4.78 Å². The lowest BCUT2D eigenvalue weighted by Gasteiger charge is -2.63. The second-order valence-electron chi connectivity index (χ2n) is 11.1. The summed E-state index contributed by atoms with van der Waals surface area (Å²) in [4.78, 5) is 20.4. The maximum Gasteiger partial charge on any atom is 0.483 e. The van der Waals surface area contributed by atoms with Crippen LogP contribution in [0.5, 0.6) is 0 Å². The summed E-state index contributed by atoms with van der Waals surface area (Å²) in [6.45, 7) is 3.08. The molecule has 2 aliphatic carbocycles. The molecular formula is C23H27F3N6O2S. The summed E-state index contributed by atoms with van der Waals surface area (Å²) in [7, 11) is -4.84. The van der Waals surface area contributed by atoms with Crippen molar-refractivity contribution in [2.24, 2.45) is 16.7 Å². The molecule has 3 heterocycles. The first-order valence-corrected chi connectivity index (χ1v) is 13.4. The summed E-state index contributed by atoms with van der Waals surface area (Å²) in [5, 5.41) is 6.85. The first-order chi connectivity index (χ1) is 16.5. The highest BCUT2D eigenvalue weighted by atomic mass is 32.2. The van der Waals surface area contributed by atoms with E-state index < -0.39 is 20.1 Å². The fourth-order valence-electron chi connectivity index (χ4n) is 6.73. The normalized spacial score (nSPS) is 24.9. The third-order valence-electron chi connectivity index (χ3n) is 8.35. The van der Waals surface area contributed by atoms with E-state index in [2.05, 4.69) is 15.2 Å². The number of amides is 2. The predicted molar refractivity (Wildman–Crippen MR) is 120 cm³/mol. The lowest BCUT2D eigenvalue weighted by molar-refractivity contribution is -0.100. The van der Waals surface area contributed by atoms with Gasteiger partial charge in [-0.25, -0.2) is 18.8 Å². The summed E-state index contributed by atoms with van der Waals surface area (Å²) in [5.41, 5.74) is -4.04. The summed E-state index contributed by atoms with van der Waals surface area (Å²) in [5.74, 6) is 1.67. The Bertz CT molecular complexity index is 1230. The van der Waals surface area contributed by atoms with Crippen molar-refractivity contribution < 1.29 is 22.2 Å². The van der Waals surface area contributed by atoms with Crippen LogP contribution in [0.3, 0.4) is 0 Å². The summed E-state index contributed by atoms with van der Waals surface area (Å²) >= 11 is 0. The maximum absolute atomic E-state index is 13.0. The number of alkyl halides is 3. The largest absolute Gasteiger partial charge is 0.483 e. The Morgan fingerprint density at radius 2 is 1.74 bits per heavy atom. The van der Waals surface area contributed by atoms with Crippen LogP contribution < -0.4 is 0 Å². The van der Waals surface area contributed by atoms with Crippen LogP contribution in [0.15, 0.2) is 35.5 Å². The van der Waals surface area contributed by atoms with Gasteiger partial charge in [-0.15, -0.1) is 0 Å². The zero-order valence-electron chi connectivity index (χ0n) is 19.1. The van der Waals surface area contributed by atoms with Gasteiger partial charge in [0.05, 0.1) is 4.90 Å². The molecule has 2 aliphatic heterocycles. The highest BCUT2D eigenvalue weighted by molar-refractivity contribution is 7.93. The lowest BCUT2D eigenvalue weighted by Crippen LogP contribution is -2.70. The van der Waals surface area contributed by atoms with Crippen molar-refractivity contribution in [1.82, 2.24) is 25.0 Å². The molecule has 0 bridgehead atoms. The SMILES string of the molecule is N=S(=O)(c1cccc(CC2CC3(C2)CN(C(=O)N2CC4(CC(c5ncn[nH]5)C4)C2)C3)c1)C(F)(F)F. The van der Waals surface area contributed by atoms with Gasteiger partial charge in [0, 0.05) is 42.9 Å². The van der Waals surface area contributed by atoms with Crippen LogP contribution in [0.1, 0.15) is 43.0 Å². The van der Waals surface area contributed by atoms with Crippen LogP contribution >= 0.6 is 0 Å². The fraction of sp³-hybridized carbons (Fsp3) is 0.609. The average molecular weight is 509 g/mol. The van der Waals surface area contributed by atoms with Gasteiger partial charge in [-0.2, -0.15) is 18.3 Å². The number of aromatic nitrogens is 3. The molecule has 6 rings (SSSR count). The van der Waals surface area contributed by atoms with E-state index in [1.165, 1.54) is 18.5 Å². The molecule has 2 saturated carbocycles. The van der Waals surface area contributed by atoms with Gasteiger partial charge in [0.2, 0.25) is 0 Å². The third kappa shape index (κ3) is 3.71. The number of urea groups is 1. The van der Waals surface area contributed by atoms with Crippen molar-refractivity contribution in [3.63, 3.8) is 0 Å². The fourth-order valence-corrected chi connectivity index (χ4v) is 7.59. The molecule has 1 aromatic carbocycles. The monoisotopic (exact) mass is 508 g/mol. The highest BCUT2D eigenvalue weighted by Crippen LogP contribution is 2.57. The van der Waals surface area contributed by atoms with E-state index in [9.17, 15) is 22.2 Å². The number of carbonyl (C=O) groups excluding carboxylic acids is 1. The number of halogens is 3. The Balaban J connectivity index is 0.959. The molecule has 1 aromatic heterocycles. The van der Waals surface area contributed by atoms with Crippen molar-refractivity contribution in [2.75, 3.05) is 26.2 Å². The van der Waals surface area contributed by atoms with Crippen molar-refractivity contribution in [3.8, 4) is 0 Å².